The van der Waals surface area contributed by atoms with E-state index in [9.17, 15) is 0 Å². The lowest BCUT2D eigenvalue weighted by Crippen LogP contribution is -2.23. The van der Waals surface area contributed by atoms with Crippen LogP contribution in [0.1, 0.15) is 27.6 Å². The molecule has 3 heteroatoms. The van der Waals surface area contributed by atoms with E-state index in [2.05, 4.69) is 0 Å². The number of rotatable bonds is 0. The first-order valence-corrected chi connectivity index (χ1v) is 6.52. The standard InChI is InChI=1S/C14H9Cl3/c15-13-9-5-1-3-7-11(9)14(16,17)12-8-4-2-6-10(12)13/h1-8,13H. The molecule has 0 saturated carbocycles. The Kier molecular flexibility index (Phi) is 2.62. The van der Waals surface area contributed by atoms with E-state index in [4.69, 9.17) is 34.8 Å². The van der Waals surface area contributed by atoms with Crippen LogP contribution in [0.5, 0.6) is 0 Å². The van der Waals surface area contributed by atoms with Gasteiger partial charge in [-0.1, -0.05) is 71.7 Å². The van der Waals surface area contributed by atoms with Crippen molar-refractivity contribution in [2.24, 2.45) is 0 Å². The van der Waals surface area contributed by atoms with E-state index in [0.717, 1.165) is 22.3 Å². The molecule has 0 atom stereocenters. The topological polar surface area (TPSA) is 0 Å². The Morgan fingerprint density at radius 1 is 0.765 bits per heavy atom. The van der Waals surface area contributed by atoms with Gasteiger partial charge in [0.25, 0.3) is 0 Å². The number of halogens is 3. The maximum Gasteiger partial charge on any atom is 0.168 e. The van der Waals surface area contributed by atoms with E-state index < -0.39 is 4.33 Å². The summed E-state index contributed by atoms with van der Waals surface area (Å²) in [5, 5.41) is -0.187. The first-order chi connectivity index (χ1) is 8.12. The highest BCUT2D eigenvalue weighted by Crippen LogP contribution is 2.52. The second-order valence-electron chi connectivity index (χ2n) is 4.11. The van der Waals surface area contributed by atoms with Crippen LogP contribution in [0.15, 0.2) is 48.5 Å². The zero-order valence-electron chi connectivity index (χ0n) is 8.83. The van der Waals surface area contributed by atoms with E-state index in [1.807, 2.05) is 48.5 Å². The summed E-state index contributed by atoms with van der Waals surface area (Å²) in [6, 6.07) is 15.6. The molecule has 0 saturated heterocycles. The highest BCUT2D eigenvalue weighted by atomic mass is 35.5. The molecule has 1 aliphatic carbocycles. The van der Waals surface area contributed by atoms with Crippen molar-refractivity contribution in [3.05, 3.63) is 70.8 Å². The van der Waals surface area contributed by atoms with Gasteiger partial charge >= 0.3 is 0 Å². The fraction of sp³-hybridized carbons (Fsp3) is 0.143. The van der Waals surface area contributed by atoms with Crippen molar-refractivity contribution < 1.29 is 0 Å². The fourth-order valence-corrected chi connectivity index (χ4v) is 3.39. The molecule has 2 aromatic rings. The fourth-order valence-electron chi connectivity index (χ4n) is 2.32. The maximum atomic E-state index is 6.51. The molecule has 0 aliphatic heterocycles. The summed E-state index contributed by atoms with van der Waals surface area (Å²) < 4.78 is -1.02. The normalized spacial score (nSPS) is 17.4. The zero-order chi connectivity index (χ0) is 12.0. The molecule has 0 N–H and O–H groups in total. The number of alkyl halides is 3. The van der Waals surface area contributed by atoms with E-state index in [0.29, 0.717) is 0 Å². The van der Waals surface area contributed by atoms with E-state index in [-0.39, 0.29) is 5.38 Å². The van der Waals surface area contributed by atoms with Crippen LogP contribution in [0.3, 0.4) is 0 Å². The predicted octanol–water partition coefficient (Wildman–Crippen LogP) is 5.01. The van der Waals surface area contributed by atoms with Crippen molar-refractivity contribution in [1.82, 2.24) is 0 Å². The molecule has 2 aromatic carbocycles. The molecule has 0 bridgehead atoms. The first kappa shape index (κ1) is 11.4. The second-order valence-corrected chi connectivity index (χ2v) is 5.88. The highest BCUT2D eigenvalue weighted by Gasteiger charge is 2.40. The quantitative estimate of drug-likeness (QED) is 0.596. The summed E-state index contributed by atoms with van der Waals surface area (Å²) in [5.74, 6) is 0. The van der Waals surface area contributed by atoms with Gasteiger partial charge in [0.05, 0.1) is 5.38 Å². The molecule has 0 amide bonds. The van der Waals surface area contributed by atoms with Crippen LogP contribution in [0.25, 0.3) is 0 Å². The van der Waals surface area contributed by atoms with Crippen molar-refractivity contribution in [2.45, 2.75) is 9.71 Å². The molecule has 0 radical (unpaired) electrons. The van der Waals surface area contributed by atoms with Crippen LogP contribution in [0.2, 0.25) is 0 Å². The molecule has 3 rings (SSSR count). The lowest BCUT2D eigenvalue weighted by molar-refractivity contribution is 0.900. The molecule has 0 nitrogen and oxygen atoms in total. The molecule has 0 spiro atoms. The van der Waals surface area contributed by atoms with Crippen LogP contribution < -0.4 is 0 Å². The van der Waals surface area contributed by atoms with Crippen LogP contribution >= 0.6 is 34.8 Å². The largest absolute Gasteiger partial charge is 0.168 e. The van der Waals surface area contributed by atoms with Crippen LogP contribution in [-0.4, -0.2) is 0 Å². The third-order valence-electron chi connectivity index (χ3n) is 3.14. The molecule has 86 valence electrons. The van der Waals surface area contributed by atoms with Crippen LogP contribution in [-0.2, 0) is 4.33 Å². The number of fused-ring (bicyclic) bond motifs is 2. The Morgan fingerprint density at radius 3 is 1.65 bits per heavy atom. The Morgan fingerprint density at radius 2 is 1.18 bits per heavy atom. The minimum atomic E-state index is -1.02. The molecule has 0 aromatic heterocycles. The van der Waals surface area contributed by atoms with E-state index in [1.54, 1.807) is 0 Å². The third-order valence-corrected chi connectivity index (χ3v) is 4.43. The number of benzene rings is 2. The molecule has 0 heterocycles. The average molecular weight is 284 g/mol. The Labute approximate surface area is 115 Å². The van der Waals surface area contributed by atoms with Gasteiger partial charge in [0.15, 0.2) is 4.33 Å². The minimum absolute atomic E-state index is 0.187. The summed E-state index contributed by atoms with van der Waals surface area (Å²) in [6.45, 7) is 0. The molecular weight excluding hydrogens is 275 g/mol. The maximum absolute atomic E-state index is 6.51. The van der Waals surface area contributed by atoms with Crippen molar-refractivity contribution in [2.75, 3.05) is 0 Å². The van der Waals surface area contributed by atoms with Gasteiger partial charge in [-0.05, 0) is 22.3 Å². The summed E-state index contributed by atoms with van der Waals surface area (Å²) in [7, 11) is 0. The lowest BCUT2D eigenvalue weighted by atomic mass is 9.85. The Balaban J connectivity index is 2.34. The minimum Gasteiger partial charge on any atom is -0.113 e. The lowest BCUT2D eigenvalue weighted by Gasteiger charge is -2.33. The van der Waals surface area contributed by atoms with Crippen molar-refractivity contribution in [3.63, 3.8) is 0 Å². The van der Waals surface area contributed by atoms with Gasteiger partial charge in [0.2, 0.25) is 0 Å². The van der Waals surface area contributed by atoms with Crippen molar-refractivity contribution in [3.8, 4) is 0 Å². The molecule has 0 fully saturated rings. The monoisotopic (exact) mass is 282 g/mol. The molecule has 1 aliphatic rings. The summed E-state index contributed by atoms with van der Waals surface area (Å²) >= 11 is 19.5. The summed E-state index contributed by atoms with van der Waals surface area (Å²) in [4.78, 5) is 0. The third kappa shape index (κ3) is 1.59. The van der Waals surface area contributed by atoms with Gasteiger partial charge in [-0.3, -0.25) is 0 Å². The van der Waals surface area contributed by atoms with E-state index in [1.165, 1.54) is 0 Å². The van der Waals surface area contributed by atoms with Gasteiger partial charge in [0, 0.05) is 0 Å². The van der Waals surface area contributed by atoms with Gasteiger partial charge in [-0.15, -0.1) is 11.6 Å². The highest BCUT2D eigenvalue weighted by molar-refractivity contribution is 6.50. The van der Waals surface area contributed by atoms with Crippen molar-refractivity contribution >= 4 is 34.8 Å². The SMILES string of the molecule is ClC1c2ccccc2C(Cl)(Cl)c2ccccc21. The summed E-state index contributed by atoms with van der Waals surface area (Å²) in [6.07, 6.45) is 0. The number of hydrogen-bond donors (Lipinski definition) is 0. The smallest absolute Gasteiger partial charge is 0.113 e. The molecule has 17 heavy (non-hydrogen) atoms. The van der Waals surface area contributed by atoms with Gasteiger partial charge in [0.1, 0.15) is 0 Å². The van der Waals surface area contributed by atoms with Crippen LogP contribution in [0.4, 0.5) is 0 Å². The zero-order valence-corrected chi connectivity index (χ0v) is 11.1. The Hall–Kier alpha value is -0.690. The van der Waals surface area contributed by atoms with Gasteiger partial charge < -0.3 is 0 Å². The van der Waals surface area contributed by atoms with Gasteiger partial charge in [-0.2, -0.15) is 0 Å². The van der Waals surface area contributed by atoms with Gasteiger partial charge in [-0.25, -0.2) is 0 Å². The summed E-state index contributed by atoms with van der Waals surface area (Å²) in [5.41, 5.74) is 3.72. The average Bonchev–Trinajstić information content (AvgIpc) is 2.37. The predicted molar refractivity (Wildman–Crippen MR) is 73.1 cm³/mol. The molecular formula is C14H9Cl3. The molecule has 0 unspecified atom stereocenters. The van der Waals surface area contributed by atoms with Crippen molar-refractivity contribution in [1.29, 1.82) is 0 Å². The first-order valence-electron chi connectivity index (χ1n) is 5.33. The van der Waals surface area contributed by atoms with E-state index >= 15 is 0 Å². The number of hydrogen-bond acceptors (Lipinski definition) is 0. The Bertz CT molecular complexity index is 526. The second kappa shape index (κ2) is 3.91. The van der Waals surface area contributed by atoms with Crippen LogP contribution in [0, 0.1) is 0 Å².